The minimum atomic E-state index is -0.941. The highest BCUT2D eigenvalue weighted by molar-refractivity contribution is 6.05. The molecule has 0 unspecified atom stereocenters. The lowest BCUT2D eigenvalue weighted by Gasteiger charge is -2.32. The van der Waals surface area contributed by atoms with E-state index in [9.17, 15) is 14.7 Å². The third-order valence-electron chi connectivity index (χ3n) is 4.01. The predicted molar refractivity (Wildman–Crippen MR) is 77.0 cm³/mol. The van der Waals surface area contributed by atoms with Crippen molar-refractivity contribution in [2.24, 2.45) is 7.05 Å². The van der Waals surface area contributed by atoms with E-state index >= 15 is 0 Å². The summed E-state index contributed by atoms with van der Waals surface area (Å²) < 4.78 is 1.66. The highest BCUT2D eigenvalue weighted by Crippen LogP contribution is 2.23. The van der Waals surface area contributed by atoms with Crippen LogP contribution in [0.1, 0.15) is 29.8 Å². The average Bonchev–Trinajstić information content (AvgIpc) is 2.84. The molecule has 0 bridgehead atoms. The van der Waals surface area contributed by atoms with E-state index < -0.39 is 12.0 Å². The highest BCUT2D eigenvalue weighted by Gasteiger charge is 2.34. The summed E-state index contributed by atoms with van der Waals surface area (Å²) in [6.45, 7) is 0.473. The normalized spacial score (nSPS) is 18.9. The fourth-order valence-corrected chi connectivity index (χ4v) is 2.94. The number of nitrogens with zero attached hydrogens (tertiary/aromatic N) is 3. The highest BCUT2D eigenvalue weighted by atomic mass is 16.4. The molecule has 1 saturated heterocycles. The van der Waals surface area contributed by atoms with Crippen LogP contribution in [0.15, 0.2) is 24.3 Å². The molecule has 0 aliphatic carbocycles. The van der Waals surface area contributed by atoms with Gasteiger partial charge in [-0.3, -0.25) is 9.48 Å². The largest absolute Gasteiger partial charge is 0.480 e. The van der Waals surface area contributed by atoms with Crippen LogP contribution in [0.4, 0.5) is 0 Å². The van der Waals surface area contributed by atoms with Crippen molar-refractivity contribution in [3.8, 4) is 0 Å². The van der Waals surface area contributed by atoms with E-state index in [-0.39, 0.29) is 5.91 Å². The van der Waals surface area contributed by atoms with Crippen LogP contribution in [0.5, 0.6) is 0 Å². The number of hydrogen-bond acceptors (Lipinski definition) is 3. The van der Waals surface area contributed by atoms with Crippen molar-refractivity contribution in [2.45, 2.75) is 25.3 Å². The molecule has 1 fully saturated rings. The molecule has 0 saturated carbocycles. The molecule has 0 spiro atoms. The number of likely N-dealkylation sites (tertiary alicyclic amines) is 1. The summed E-state index contributed by atoms with van der Waals surface area (Å²) in [6.07, 6.45) is 2.18. The Morgan fingerprint density at radius 1 is 1.29 bits per heavy atom. The van der Waals surface area contributed by atoms with Gasteiger partial charge in [-0.05, 0) is 25.3 Å². The van der Waals surface area contributed by atoms with E-state index in [1.807, 2.05) is 24.3 Å². The van der Waals surface area contributed by atoms with E-state index in [0.29, 0.717) is 18.7 Å². The molecule has 3 rings (SSSR count). The summed E-state index contributed by atoms with van der Waals surface area (Å²) in [5.74, 6) is -1.23. The first-order chi connectivity index (χ1) is 10.1. The lowest BCUT2D eigenvalue weighted by molar-refractivity contribution is -0.143. The monoisotopic (exact) mass is 287 g/mol. The minimum Gasteiger partial charge on any atom is -0.480 e. The van der Waals surface area contributed by atoms with Crippen molar-refractivity contribution >= 4 is 22.8 Å². The Morgan fingerprint density at radius 3 is 2.81 bits per heavy atom. The van der Waals surface area contributed by atoms with Crippen LogP contribution in [0.25, 0.3) is 10.9 Å². The number of aliphatic carboxylic acids is 1. The fraction of sp³-hybridized carbons (Fsp3) is 0.400. The van der Waals surface area contributed by atoms with Crippen LogP contribution >= 0.6 is 0 Å². The second-order valence-corrected chi connectivity index (χ2v) is 5.34. The fourth-order valence-electron chi connectivity index (χ4n) is 2.94. The maximum atomic E-state index is 12.7. The zero-order valence-electron chi connectivity index (χ0n) is 11.8. The van der Waals surface area contributed by atoms with Gasteiger partial charge in [-0.15, -0.1) is 0 Å². The number of amides is 1. The van der Waals surface area contributed by atoms with Gasteiger partial charge in [0.25, 0.3) is 5.91 Å². The molecule has 110 valence electrons. The number of aryl methyl sites for hydroxylation is 1. The topological polar surface area (TPSA) is 75.4 Å². The molecule has 2 aromatic rings. The minimum absolute atomic E-state index is 0.293. The smallest absolute Gasteiger partial charge is 0.326 e. The molecule has 1 amide bonds. The van der Waals surface area contributed by atoms with Gasteiger partial charge in [0, 0.05) is 19.0 Å². The molecule has 1 N–H and O–H groups in total. The van der Waals surface area contributed by atoms with Crippen LogP contribution in [-0.2, 0) is 11.8 Å². The zero-order chi connectivity index (χ0) is 15.0. The first-order valence-corrected chi connectivity index (χ1v) is 7.05. The predicted octanol–water partition coefficient (Wildman–Crippen LogP) is 1.65. The van der Waals surface area contributed by atoms with Gasteiger partial charge in [-0.1, -0.05) is 18.2 Å². The van der Waals surface area contributed by atoms with Crippen LogP contribution in [0.2, 0.25) is 0 Å². The molecule has 0 radical (unpaired) electrons. The Hall–Kier alpha value is -2.37. The van der Waals surface area contributed by atoms with Gasteiger partial charge in [0.15, 0.2) is 5.69 Å². The zero-order valence-corrected chi connectivity index (χ0v) is 11.8. The number of fused-ring (bicyclic) bond motifs is 1. The Kier molecular flexibility index (Phi) is 3.37. The first kappa shape index (κ1) is 13.6. The van der Waals surface area contributed by atoms with Gasteiger partial charge in [-0.25, -0.2) is 4.79 Å². The van der Waals surface area contributed by atoms with E-state index in [2.05, 4.69) is 5.10 Å². The van der Waals surface area contributed by atoms with Gasteiger partial charge in [0.05, 0.1) is 5.52 Å². The molecule has 1 aromatic heterocycles. The summed E-state index contributed by atoms with van der Waals surface area (Å²) in [4.78, 5) is 25.5. The maximum absolute atomic E-state index is 12.7. The Bertz CT molecular complexity index is 707. The number of para-hydroxylation sites is 1. The second-order valence-electron chi connectivity index (χ2n) is 5.34. The number of rotatable bonds is 2. The Labute approximate surface area is 122 Å². The van der Waals surface area contributed by atoms with Gasteiger partial charge in [-0.2, -0.15) is 5.10 Å². The first-order valence-electron chi connectivity index (χ1n) is 7.05. The number of carboxylic acids is 1. The number of piperidine rings is 1. The van der Waals surface area contributed by atoms with E-state index in [1.165, 1.54) is 4.90 Å². The molecule has 2 heterocycles. The van der Waals surface area contributed by atoms with Gasteiger partial charge in [0.2, 0.25) is 0 Å². The van der Waals surface area contributed by atoms with Crippen molar-refractivity contribution in [3.63, 3.8) is 0 Å². The molecule has 1 aromatic carbocycles. The number of aromatic nitrogens is 2. The van der Waals surface area contributed by atoms with Crippen LogP contribution in [0.3, 0.4) is 0 Å². The van der Waals surface area contributed by atoms with Crippen molar-refractivity contribution < 1.29 is 14.7 Å². The van der Waals surface area contributed by atoms with E-state index in [1.54, 1.807) is 11.7 Å². The number of carbonyl (C=O) groups is 2. The summed E-state index contributed by atoms with van der Waals surface area (Å²) in [7, 11) is 1.78. The van der Waals surface area contributed by atoms with Crippen molar-refractivity contribution in [3.05, 3.63) is 30.0 Å². The van der Waals surface area contributed by atoms with Crippen LogP contribution < -0.4 is 0 Å². The molecule has 1 atom stereocenters. The summed E-state index contributed by atoms with van der Waals surface area (Å²) in [6, 6.07) is 6.73. The standard InChI is InChI=1S/C15H17N3O3/c1-17-11-7-3-2-6-10(11)13(16-17)14(19)18-9-5-4-8-12(18)15(20)21/h2-3,6-7,12H,4-5,8-9H2,1H3,(H,20,21)/t12-/m1/s1. The molecular formula is C15H17N3O3. The number of carbonyl (C=O) groups excluding carboxylic acids is 1. The van der Waals surface area contributed by atoms with Gasteiger partial charge >= 0.3 is 5.97 Å². The molecular weight excluding hydrogens is 270 g/mol. The SMILES string of the molecule is Cn1nc(C(=O)N2CCCC[C@@H]2C(=O)O)c2ccccc21. The number of hydrogen-bond donors (Lipinski definition) is 1. The molecule has 21 heavy (non-hydrogen) atoms. The number of benzene rings is 1. The maximum Gasteiger partial charge on any atom is 0.326 e. The number of carboxylic acid groups (broad SMARTS) is 1. The second kappa shape index (κ2) is 5.20. The van der Waals surface area contributed by atoms with Gasteiger partial charge in [0.1, 0.15) is 6.04 Å². The molecule has 6 heteroatoms. The third-order valence-corrected chi connectivity index (χ3v) is 4.01. The quantitative estimate of drug-likeness (QED) is 0.911. The Balaban J connectivity index is 2.01. The van der Waals surface area contributed by atoms with Crippen molar-refractivity contribution in [1.29, 1.82) is 0 Å². The molecule has 1 aliphatic heterocycles. The summed E-state index contributed by atoms with van der Waals surface area (Å²) in [5, 5.41) is 14.4. The van der Waals surface area contributed by atoms with E-state index in [4.69, 9.17) is 0 Å². The van der Waals surface area contributed by atoms with Crippen molar-refractivity contribution in [2.75, 3.05) is 6.54 Å². The van der Waals surface area contributed by atoms with Crippen molar-refractivity contribution in [1.82, 2.24) is 14.7 Å². The van der Waals surface area contributed by atoms with E-state index in [0.717, 1.165) is 23.7 Å². The van der Waals surface area contributed by atoms with Crippen LogP contribution in [0, 0.1) is 0 Å². The summed E-state index contributed by atoms with van der Waals surface area (Å²) in [5.41, 5.74) is 1.20. The lowest BCUT2D eigenvalue weighted by atomic mass is 10.0. The average molecular weight is 287 g/mol. The third kappa shape index (κ3) is 2.26. The van der Waals surface area contributed by atoms with Gasteiger partial charge < -0.3 is 10.0 Å². The Morgan fingerprint density at radius 2 is 2.05 bits per heavy atom. The summed E-state index contributed by atoms with van der Waals surface area (Å²) >= 11 is 0. The molecule has 1 aliphatic rings. The van der Waals surface area contributed by atoms with Crippen LogP contribution in [-0.4, -0.2) is 44.3 Å². The lowest BCUT2D eigenvalue weighted by Crippen LogP contribution is -2.48. The molecule has 6 nitrogen and oxygen atoms in total.